The van der Waals surface area contributed by atoms with Crippen molar-refractivity contribution < 1.29 is 0 Å². The van der Waals surface area contributed by atoms with Crippen LogP contribution in [0.3, 0.4) is 0 Å². The molecule has 13 heavy (non-hydrogen) atoms. The fraction of sp³-hybridized carbons (Fsp3) is 0.700. The predicted octanol–water partition coefficient (Wildman–Crippen LogP) is 1.19. The highest BCUT2D eigenvalue weighted by molar-refractivity contribution is 4.96. The first-order valence-electron chi connectivity index (χ1n) is 5.05. The molecule has 1 fully saturated rings. The summed E-state index contributed by atoms with van der Waals surface area (Å²) in [6, 6.07) is 2.04. The van der Waals surface area contributed by atoms with Crippen LogP contribution in [0.25, 0.3) is 0 Å². The molecule has 0 spiro atoms. The van der Waals surface area contributed by atoms with Gasteiger partial charge in [0.2, 0.25) is 0 Å². The Morgan fingerprint density at radius 2 is 2.46 bits per heavy atom. The highest BCUT2D eigenvalue weighted by Crippen LogP contribution is 2.27. The quantitative estimate of drug-likeness (QED) is 0.688. The van der Waals surface area contributed by atoms with E-state index in [1.807, 2.05) is 16.9 Å². The largest absolute Gasteiger partial charge is 0.315 e. The van der Waals surface area contributed by atoms with Crippen LogP contribution in [0.2, 0.25) is 0 Å². The van der Waals surface area contributed by atoms with E-state index < -0.39 is 0 Å². The summed E-state index contributed by atoms with van der Waals surface area (Å²) >= 11 is 0. The van der Waals surface area contributed by atoms with Crippen LogP contribution >= 0.6 is 0 Å². The average molecular weight is 179 g/mol. The molecule has 0 saturated heterocycles. The molecule has 0 aromatic carbocycles. The number of nitrogens with one attached hydrogen (secondary N) is 1. The molecule has 0 radical (unpaired) electrons. The minimum Gasteiger partial charge on any atom is -0.315 e. The van der Waals surface area contributed by atoms with Gasteiger partial charge < -0.3 is 5.32 Å². The van der Waals surface area contributed by atoms with Gasteiger partial charge in [0.25, 0.3) is 0 Å². The number of aromatic nitrogens is 2. The summed E-state index contributed by atoms with van der Waals surface area (Å²) in [6.07, 6.45) is 4.71. The number of rotatable bonds is 5. The highest BCUT2D eigenvalue weighted by Gasteiger charge is 2.19. The maximum atomic E-state index is 4.22. The monoisotopic (exact) mass is 179 g/mol. The van der Waals surface area contributed by atoms with E-state index in [4.69, 9.17) is 0 Å². The first-order chi connectivity index (χ1) is 6.36. The Morgan fingerprint density at radius 3 is 3.08 bits per heavy atom. The molecule has 0 aliphatic heterocycles. The van der Waals surface area contributed by atoms with Crippen molar-refractivity contribution in [2.24, 2.45) is 5.92 Å². The molecule has 0 unspecified atom stereocenters. The van der Waals surface area contributed by atoms with Crippen molar-refractivity contribution in [3.8, 4) is 0 Å². The summed E-state index contributed by atoms with van der Waals surface area (Å²) in [5.41, 5.74) is 1.24. The van der Waals surface area contributed by atoms with Gasteiger partial charge in [-0.1, -0.05) is 0 Å². The van der Waals surface area contributed by atoms with Crippen molar-refractivity contribution in [3.63, 3.8) is 0 Å². The molecule has 2 rings (SSSR count). The van der Waals surface area contributed by atoms with E-state index in [-0.39, 0.29) is 0 Å². The van der Waals surface area contributed by atoms with Crippen molar-refractivity contribution in [1.82, 2.24) is 15.1 Å². The maximum absolute atomic E-state index is 4.22. The second kappa shape index (κ2) is 3.92. The van der Waals surface area contributed by atoms with Gasteiger partial charge in [0.1, 0.15) is 0 Å². The van der Waals surface area contributed by atoms with Crippen molar-refractivity contribution in [3.05, 3.63) is 18.0 Å². The molecule has 0 bridgehead atoms. The number of hydrogen-bond donors (Lipinski definition) is 1. The fourth-order valence-electron chi connectivity index (χ4n) is 1.45. The van der Waals surface area contributed by atoms with E-state index in [0.29, 0.717) is 0 Å². The topological polar surface area (TPSA) is 29.9 Å². The van der Waals surface area contributed by atoms with Gasteiger partial charge in [-0.2, -0.15) is 5.10 Å². The van der Waals surface area contributed by atoms with Crippen molar-refractivity contribution in [1.29, 1.82) is 0 Å². The van der Waals surface area contributed by atoms with E-state index in [0.717, 1.165) is 19.0 Å². The zero-order valence-electron chi connectivity index (χ0n) is 8.16. The summed E-state index contributed by atoms with van der Waals surface area (Å²) < 4.78 is 2.04. The lowest BCUT2D eigenvalue weighted by atomic mass is 10.4. The minimum atomic E-state index is 0.971. The van der Waals surface area contributed by atoms with E-state index in [9.17, 15) is 0 Å². The van der Waals surface area contributed by atoms with Gasteiger partial charge >= 0.3 is 0 Å². The zero-order valence-corrected chi connectivity index (χ0v) is 8.16. The van der Waals surface area contributed by atoms with Crippen LogP contribution in [0, 0.1) is 12.8 Å². The molecule has 3 nitrogen and oxygen atoms in total. The molecule has 0 amide bonds. The molecule has 1 aliphatic carbocycles. The van der Waals surface area contributed by atoms with Crippen molar-refractivity contribution in [2.45, 2.75) is 26.3 Å². The Labute approximate surface area is 79.1 Å². The van der Waals surface area contributed by atoms with Gasteiger partial charge in [-0.25, -0.2) is 0 Å². The molecular weight excluding hydrogens is 162 g/mol. The maximum Gasteiger partial charge on any atom is 0.0537 e. The minimum absolute atomic E-state index is 0.971. The summed E-state index contributed by atoms with van der Waals surface area (Å²) in [4.78, 5) is 0. The first kappa shape index (κ1) is 8.75. The molecule has 72 valence electrons. The van der Waals surface area contributed by atoms with E-state index >= 15 is 0 Å². The van der Waals surface area contributed by atoms with Gasteiger partial charge in [-0.05, 0) is 38.3 Å². The predicted molar refractivity (Wildman–Crippen MR) is 52.6 cm³/mol. The molecule has 1 aliphatic rings. The van der Waals surface area contributed by atoms with Crippen molar-refractivity contribution >= 4 is 0 Å². The van der Waals surface area contributed by atoms with Crippen LogP contribution in [0.15, 0.2) is 12.3 Å². The standard InChI is InChI=1S/C10H17N3/c1-9-4-5-12-13(9)7-6-11-8-10-2-3-10/h4-5,10-11H,2-3,6-8H2,1H3. The number of nitrogens with zero attached hydrogens (tertiary/aromatic N) is 2. The summed E-state index contributed by atoms with van der Waals surface area (Å²) in [5.74, 6) is 0.971. The lowest BCUT2D eigenvalue weighted by Gasteiger charge is -2.05. The van der Waals surface area contributed by atoms with Crippen LogP contribution in [-0.4, -0.2) is 22.9 Å². The molecule has 1 heterocycles. The first-order valence-corrected chi connectivity index (χ1v) is 5.05. The average Bonchev–Trinajstić information content (AvgIpc) is 2.86. The zero-order chi connectivity index (χ0) is 9.10. The molecule has 1 aromatic rings. The normalized spacial score (nSPS) is 16.4. The van der Waals surface area contributed by atoms with Gasteiger partial charge in [-0.15, -0.1) is 0 Å². The van der Waals surface area contributed by atoms with Crippen LogP contribution in [0.1, 0.15) is 18.5 Å². The third kappa shape index (κ3) is 2.56. The van der Waals surface area contributed by atoms with E-state index in [2.05, 4.69) is 17.3 Å². The fourth-order valence-corrected chi connectivity index (χ4v) is 1.45. The second-order valence-electron chi connectivity index (χ2n) is 3.84. The Balaban J connectivity index is 1.64. The summed E-state index contributed by atoms with van der Waals surface area (Å²) in [5, 5.41) is 7.68. The summed E-state index contributed by atoms with van der Waals surface area (Å²) in [6.45, 7) is 5.32. The third-order valence-electron chi connectivity index (χ3n) is 2.56. The van der Waals surface area contributed by atoms with Crippen LogP contribution in [0.5, 0.6) is 0 Å². The molecule has 3 heteroatoms. The third-order valence-corrected chi connectivity index (χ3v) is 2.56. The lowest BCUT2D eigenvalue weighted by molar-refractivity contribution is 0.534. The molecule has 0 atom stereocenters. The molecule has 1 N–H and O–H groups in total. The Hall–Kier alpha value is -0.830. The highest BCUT2D eigenvalue weighted by atomic mass is 15.3. The van der Waals surface area contributed by atoms with Crippen LogP contribution in [0.4, 0.5) is 0 Å². The smallest absolute Gasteiger partial charge is 0.0537 e. The number of hydrogen-bond acceptors (Lipinski definition) is 2. The molecular formula is C10H17N3. The molecule has 1 saturated carbocycles. The van der Waals surface area contributed by atoms with Crippen molar-refractivity contribution in [2.75, 3.05) is 13.1 Å². The Morgan fingerprint density at radius 1 is 1.62 bits per heavy atom. The van der Waals surface area contributed by atoms with Gasteiger partial charge in [0.15, 0.2) is 0 Å². The van der Waals surface area contributed by atoms with Gasteiger partial charge in [0.05, 0.1) is 6.54 Å². The number of aryl methyl sites for hydroxylation is 1. The van der Waals surface area contributed by atoms with Crippen LogP contribution < -0.4 is 5.32 Å². The second-order valence-corrected chi connectivity index (χ2v) is 3.84. The van der Waals surface area contributed by atoms with E-state index in [1.165, 1.54) is 25.1 Å². The summed E-state index contributed by atoms with van der Waals surface area (Å²) in [7, 11) is 0. The Bertz CT molecular complexity index is 263. The Kier molecular flexibility index (Phi) is 2.64. The van der Waals surface area contributed by atoms with Gasteiger partial charge in [0, 0.05) is 18.4 Å². The van der Waals surface area contributed by atoms with Gasteiger partial charge in [-0.3, -0.25) is 4.68 Å². The lowest BCUT2D eigenvalue weighted by Crippen LogP contribution is -2.22. The van der Waals surface area contributed by atoms with Crippen LogP contribution in [-0.2, 0) is 6.54 Å². The van der Waals surface area contributed by atoms with E-state index in [1.54, 1.807) is 0 Å². The molecule has 1 aromatic heterocycles. The SMILES string of the molecule is Cc1ccnn1CCNCC1CC1.